The van der Waals surface area contributed by atoms with E-state index < -0.39 is 17.4 Å². The topological polar surface area (TPSA) is 75.0 Å². The molecule has 0 saturated heterocycles. The molecule has 1 aromatic heterocycles. The maximum absolute atomic E-state index is 13.8. The van der Waals surface area contributed by atoms with Crippen molar-refractivity contribution in [3.05, 3.63) is 88.0 Å². The van der Waals surface area contributed by atoms with Crippen LogP contribution in [-0.4, -0.2) is 20.2 Å². The van der Waals surface area contributed by atoms with E-state index >= 15 is 0 Å². The van der Waals surface area contributed by atoms with Crippen molar-refractivity contribution in [1.82, 2.24) is 0 Å². The number of carbonyl (C=O) groups is 1. The van der Waals surface area contributed by atoms with E-state index in [9.17, 15) is 14.0 Å². The van der Waals surface area contributed by atoms with Crippen molar-refractivity contribution in [2.24, 2.45) is 0 Å². The summed E-state index contributed by atoms with van der Waals surface area (Å²) in [7, 11) is 3.05. The lowest BCUT2D eigenvalue weighted by Crippen LogP contribution is -2.11. The molecular weight excluding hydrogens is 415 g/mol. The van der Waals surface area contributed by atoms with Crippen LogP contribution in [0.1, 0.15) is 15.9 Å². The monoisotopic (exact) mass is 434 g/mol. The Bertz CT molecular complexity index is 1390. The molecule has 0 aliphatic carbocycles. The molecule has 3 aromatic carbocycles. The lowest BCUT2D eigenvalue weighted by molar-refractivity contribution is 0.0730. The first kappa shape index (κ1) is 21.1. The fraction of sp³-hybridized carbons (Fsp3) is 0.120. The minimum Gasteiger partial charge on any atom is -0.493 e. The maximum Gasteiger partial charge on any atom is 0.346 e. The Labute approximate surface area is 182 Å². The van der Waals surface area contributed by atoms with Gasteiger partial charge in [0, 0.05) is 11.5 Å². The van der Waals surface area contributed by atoms with E-state index in [1.807, 2.05) is 0 Å². The summed E-state index contributed by atoms with van der Waals surface area (Å²) >= 11 is 0. The van der Waals surface area contributed by atoms with Gasteiger partial charge in [0.05, 0.1) is 25.3 Å². The van der Waals surface area contributed by atoms with Crippen LogP contribution in [0.25, 0.3) is 22.1 Å². The largest absolute Gasteiger partial charge is 0.493 e. The van der Waals surface area contributed by atoms with Crippen LogP contribution in [0.5, 0.6) is 17.2 Å². The Balaban J connectivity index is 1.74. The summed E-state index contributed by atoms with van der Waals surface area (Å²) in [6.45, 7) is 1.80. The smallest absolute Gasteiger partial charge is 0.346 e. The van der Waals surface area contributed by atoms with Gasteiger partial charge in [-0.15, -0.1) is 0 Å². The standard InChI is InChI=1S/C25H19FO6/c1-14-17-10-9-16(31-24(27)18-6-4-5-7-19(18)26)13-21(17)32-25(28)23(14)15-8-11-20(29-2)22(12-15)30-3/h4-13H,1-3H3. The molecule has 0 spiro atoms. The zero-order chi connectivity index (χ0) is 22.8. The average Bonchev–Trinajstić information content (AvgIpc) is 2.79. The summed E-state index contributed by atoms with van der Waals surface area (Å²) in [6.07, 6.45) is 0. The molecule has 162 valence electrons. The second-order valence-corrected chi connectivity index (χ2v) is 6.99. The summed E-state index contributed by atoms with van der Waals surface area (Å²) in [4.78, 5) is 25.1. The van der Waals surface area contributed by atoms with Crippen LogP contribution in [0, 0.1) is 12.7 Å². The van der Waals surface area contributed by atoms with Crippen molar-refractivity contribution >= 4 is 16.9 Å². The molecule has 4 rings (SSSR count). The molecule has 0 radical (unpaired) electrons. The quantitative estimate of drug-likeness (QED) is 0.246. The number of benzene rings is 3. The van der Waals surface area contributed by atoms with Crippen LogP contribution in [0.15, 0.2) is 69.9 Å². The van der Waals surface area contributed by atoms with Gasteiger partial charge in [-0.2, -0.15) is 0 Å². The number of esters is 1. The molecule has 4 aromatic rings. The number of hydrogen-bond donors (Lipinski definition) is 0. The minimum atomic E-state index is -0.844. The van der Waals surface area contributed by atoms with E-state index in [-0.39, 0.29) is 16.9 Å². The van der Waals surface area contributed by atoms with Gasteiger partial charge in [-0.25, -0.2) is 14.0 Å². The zero-order valence-corrected chi connectivity index (χ0v) is 17.6. The predicted molar refractivity (Wildman–Crippen MR) is 117 cm³/mol. The first-order valence-electron chi connectivity index (χ1n) is 9.69. The third kappa shape index (κ3) is 3.80. The van der Waals surface area contributed by atoms with Gasteiger partial charge in [0.25, 0.3) is 0 Å². The highest BCUT2D eigenvalue weighted by Gasteiger charge is 2.18. The molecule has 0 unspecified atom stereocenters. The lowest BCUT2D eigenvalue weighted by atomic mass is 9.99. The van der Waals surface area contributed by atoms with E-state index in [0.29, 0.717) is 33.6 Å². The molecule has 0 bridgehead atoms. The molecular formula is C25H19FO6. The SMILES string of the molecule is COc1ccc(-c2c(C)c3ccc(OC(=O)c4ccccc4F)cc3oc2=O)cc1OC. The Kier molecular flexibility index (Phi) is 5.64. The molecule has 0 atom stereocenters. The van der Waals surface area contributed by atoms with E-state index in [1.54, 1.807) is 37.3 Å². The molecule has 0 saturated carbocycles. The fourth-order valence-electron chi connectivity index (χ4n) is 3.51. The molecule has 0 N–H and O–H groups in total. The second kappa shape index (κ2) is 8.55. The lowest BCUT2D eigenvalue weighted by Gasteiger charge is -2.12. The number of ether oxygens (including phenoxy) is 3. The highest BCUT2D eigenvalue weighted by Crippen LogP contribution is 2.34. The Hall–Kier alpha value is -4.13. The third-order valence-electron chi connectivity index (χ3n) is 5.12. The van der Waals surface area contributed by atoms with Gasteiger partial charge in [-0.1, -0.05) is 18.2 Å². The Morgan fingerprint density at radius 2 is 1.69 bits per heavy atom. The Morgan fingerprint density at radius 1 is 0.938 bits per heavy atom. The molecule has 32 heavy (non-hydrogen) atoms. The average molecular weight is 434 g/mol. The molecule has 6 nitrogen and oxygen atoms in total. The van der Waals surface area contributed by atoms with Crippen LogP contribution in [0.4, 0.5) is 4.39 Å². The summed E-state index contributed by atoms with van der Waals surface area (Å²) < 4.78 is 35.2. The van der Waals surface area contributed by atoms with Crippen LogP contribution < -0.4 is 19.8 Å². The van der Waals surface area contributed by atoms with Crippen LogP contribution >= 0.6 is 0 Å². The van der Waals surface area contributed by atoms with Crippen LogP contribution in [-0.2, 0) is 0 Å². The van der Waals surface area contributed by atoms with Crippen molar-refractivity contribution in [2.45, 2.75) is 6.92 Å². The van der Waals surface area contributed by atoms with E-state index in [0.717, 1.165) is 0 Å². The molecule has 7 heteroatoms. The maximum atomic E-state index is 13.8. The van der Waals surface area contributed by atoms with Gasteiger partial charge < -0.3 is 18.6 Å². The van der Waals surface area contributed by atoms with Gasteiger partial charge in [-0.05, 0) is 54.4 Å². The summed E-state index contributed by atoms with van der Waals surface area (Å²) in [5, 5.41) is 0.667. The summed E-state index contributed by atoms with van der Waals surface area (Å²) in [6, 6.07) is 15.4. The number of fused-ring (bicyclic) bond motifs is 1. The number of aryl methyl sites for hydroxylation is 1. The number of methoxy groups -OCH3 is 2. The van der Waals surface area contributed by atoms with Gasteiger partial charge >= 0.3 is 11.6 Å². The van der Waals surface area contributed by atoms with E-state index in [2.05, 4.69) is 0 Å². The van der Waals surface area contributed by atoms with Gasteiger partial charge in [0.15, 0.2) is 11.5 Å². The normalized spacial score (nSPS) is 10.8. The second-order valence-electron chi connectivity index (χ2n) is 6.99. The van der Waals surface area contributed by atoms with Crippen molar-refractivity contribution in [3.8, 4) is 28.4 Å². The molecule has 0 aliphatic heterocycles. The van der Waals surface area contributed by atoms with Gasteiger partial charge in [0.1, 0.15) is 17.1 Å². The first-order chi connectivity index (χ1) is 15.4. The predicted octanol–water partition coefficient (Wildman–Crippen LogP) is 5.14. The highest BCUT2D eigenvalue weighted by molar-refractivity contribution is 5.92. The van der Waals surface area contributed by atoms with E-state index in [4.69, 9.17) is 18.6 Å². The Morgan fingerprint density at radius 3 is 2.41 bits per heavy atom. The van der Waals surface area contributed by atoms with Gasteiger partial charge in [0.2, 0.25) is 0 Å². The summed E-state index contributed by atoms with van der Waals surface area (Å²) in [5.74, 6) is -0.365. The van der Waals surface area contributed by atoms with Crippen molar-refractivity contribution in [1.29, 1.82) is 0 Å². The molecule has 0 aliphatic rings. The fourth-order valence-corrected chi connectivity index (χ4v) is 3.51. The van der Waals surface area contributed by atoms with Crippen molar-refractivity contribution < 1.29 is 27.8 Å². The molecule has 1 heterocycles. The number of halogens is 1. The third-order valence-corrected chi connectivity index (χ3v) is 5.12. The first-order valence-corrected chi connectivity index (χ1v) is 9.69. The van der Waals surface area contributed by atoms with Crippen LogP contribution in [0.2, 0.25) is 0 Å². The molecule has 0 fully saturated rings. The summed E-state index contributed by atoms with van der Waals surface area (Å²) in [5.41, 5.74) is 1.19. The minimum absolute atomic E-state index is 0.132. The number of carbonyl (C=O) groups excluding carboxylic acids is 1. The van der Waals surface area contributed by atoms with Crippen molar-refractivity contribution in [3.63, 3.8) is 0 Å². The zero-order valence-electron chi connectivity index (χ0n) is 17.6. The molecule has 0 amide bonds. The van der Waals surface area contributed by atoms with Crippen molar-refractivity contribution in [2.75, 3.05) is 14.2 Å². The number of hydrogen-bond acceptors (Lipinski definition) is 6. The number of rotatable bonds is 5. The van der Waals surface area contributed by atoms with Crippen LogP contribution in [0.3, 0.4) is 0 Å². The van der Waals surface area contributed by atoms with E-state index in [1.165, 1.54) is 44.6 Å². The highest BCUT2D eigenvalue weighted by atomic mass is 19.1. The van der Waals surface area contributed by atoms with Gasteiger partial charge in [-0.3, -0.25) is 0 Å².